The molecule has 7 nitrogen and oxygen atoms in total. The topological polar surface area (TPSA) is 104 Å². The smallest absolute Gasteiger partial charge is 0.282 e. The Hall–Kier alpha value is -3.13. The number of hydrogen-bond donors (Lipinski definition) is 3. The zero-order chi connectivity index (χ0) is 19.4. The highest BCUT2D eigenvalue weighted by molar-refractivity contribution is 7.92. The van der Waals surface area contributed by atoms with Crippen LogP contribution < -0.4 is 10.0 Å². The van der Waals surface area contributed by atoms with Gasteiger partial charge in [0.25, 0.3) is 15.9 Å². The Morgan fingerprint density at radius 1 is 1.04 bits per heavy atom. The van der Waals surface area contributed by atoms with E-state index in [4.69, 9.17) is 0 Å². The van der Waals surface area contributed by atoms with Crippen LogP contribution in [0.1, 0.15) is 27.2 Å². The number of aromatic amines is 1. The van der Waals surface area contributed by atoms with E-state index in [1.165, 1.54) is 0 Å². The number of aryl methyl sites for hydroxylation is 2. The van der Waals surface area contributed by atoms with Crippen molar-refractivity contribution in [1.82, 2.24) is 15.5 Å². The van der Waals surface area contributed by atoms with Crippen molar-refractivity contribution in [3.63, 3.8) is 0 Å². The highest BCUT2D eigenvalue weighted by Crippen LogP contribution is 2.20. The van der Waals surface area contributed by atoms with Crippen molar-refractivity contribution in [1.29, 1.82) is 0 Å². The van der Waals surface area contributed by atoms with Crippen LogP contribution in [0.25, 0.3) is 0 Å². The van der Waals surface area contributed by atoms with Crippen molar-refractivity contribution in [3.8, 4) is 0 Å². The molecule has 140 valence electrons. The molecule has 2 aromatic carbocycles. The average Bonchev–Trinajstić information content (AvgIpc) is 3.05. The molecule has 0 aliphatic heterocycles. The van der Waals surface area contributed by atoms with Crippen LogP contribution >= 0.6 is 0 Å². The van der Waals surface area contributed by atoms with Crippen LogP contribution in [-0.4, -0.2) is 24.5 Å². The van der Waals surface area contributed by atoms with E-state index in [2.05, 4.69) is 20.2 Å². The number of nitrogens with zero attached hydrogens (tertiary/aromatic N) is 1. The van der Waals surface area contributed by atoms with Gasteiger partial charge >= 0.3 is 0 Å². The minimum atomic E-state index is -4.02. The van der Waals surface area contributed by atoms with Crippen LogP contribution in [0.5, 0.6) is 0 Å². The van der Waals surface area contributed by atoms with Crippen molar-refractivity contribution in [2.24, 2.45) is 0 Å². The van der Waals surface area contributed by atoms with E-state index in [-0.39, 0.29) is 17.1 Å². The first-order chi connectivity index (χ1) is 12.9. The zero-order valence-electron chi connectivity index (χ0n) is 15.0. The first-order valence-electron chi connectivity index (χ1n) is 8.33. The summed E-state index contributed by atoms with van der Waals surface area (Å²) in [5.74, 6) is -0.505. The Balaban J connectivity index is 1.82. The number of nitrogens with one attached hydrogen (secondary N) is 3. The Labute approximate surface area is 157 Å². The maximum absolute atomic E-state index is 12.7. The number of benzene rings is 2. The van der Waals surface area contributed by atoms with E-state index in [9.17, 15) is 13.2 Å². The lowest BCUT2D eigenvalue weighted by molar-refractivity contribution is 0.0947. The second kappa shape index (κ2) is 7.63. The number of amides is 1. The van der Waals surface area contributed by atoms with E-state index in [0.717, 1.165) is 11.1 Å². The number of carbonyl (C=O) groups is 1. The van der Waals surface area contributed by atoms with Crippen LogP contribution in [-0.2, 0) is 16.6 Å². The van der Waals surface area contributed by atoms with Gasteiger partial charge in [-0.2, -0.15) is 13.5 Å². The quantitative estimate of drug-likeness (QED) is 0.608. The molecule has 3 aromatic rings. The summed E-state index contributed by atoms with van der Waals surface area (Å²) in [7, 11) is -4.02. The van der Waals surface area contributed by atoms with Gasteiger partial charge in [0.2, 0.25) is 5.03 Å². The molecule has 8 heteroatoms. The monoisotopic (exact) mass is 384 g/mol. The molecule has 0 atom stereocenters. The SMILES string of the molecule is Cc1ccc(NS(=O)(=O)c2n[nH]c(C)c2C(=O)NCc2ccccc2)cc1. The summed E-state index contributed by atoms with van der Waals surface area (Å²) in [6.07, 6.45) is 0. The molecular weight excluding hydrogens is 364 g/mol. The summed E-state index contributed by atoms with van der Waals surface area (Å²) in [6.45, 7) is 3.80. The third-order valence-electron chi connectivity index (χ3n) is 4.00. The highest BCUT2D eigenvalue weighted by Gasteiger charge is 2.28. The molecular formula is C19H20N4O3S. The normalized spacial score (nSPS) is 11.2. The minimum Gasteiger partial charge on any atom is -0.348 e. The van der Waals surface area contributed by atoms with Gasteiger partial charge in [-0.15, -0.1) is 0 Å². The third-order valence-corrected chi connectivity index (χ3v) is 5.30. The highest BCUT2D eigenvalue weighted by atomic mass is 32.2. The molecule has 0 spiro atoms. The number of aromatic nitrogens is 2. The number of rotatable bonds is 6. The van der Waals surface area contributed by atoms with Gasteiger partial charge in [0.05, 0.1) is 0 Å². The summed E-state index contributed by atoms with van der Waals surface area (Å²) in [5, 5.41) is 8.84. The molecule has 3 rings (SSSR count). The molecule has 0 radical (unpaired) electrons. The van der Waals surface area contributed by atoms with Crippen molar-refractivity contribution in [2.75, 3.05) is 4.72 Å². The maximum Gasteiger partial charge on any atom is 0.282 e. The fourth-order valence-electron chi connectivity index (χ4n) is 2.56. The van der Waals surface area contributed by atoms with Crippen LogP contribution in [0.3, 0.4) is 0 Å². The summed E-state index contributed by atoms with van der Waals surface area (Å²) in [4.78, 5) is 12.6. The lowest BCUT2D eigenvalue weighted by Gasteiger charge is -2.09. The van der Waals surface area contributed by atoms with E-state index < -0.39 is 15.9 Å². The number of H-pyrrole nitrogens is 1. The Bertz CT molecular complexity index is 1040. The first-order valence-corrected chi connectivity index (χ1v) is 9.82. The molecule has 0 aliphatic carbocycles. The lowest BCUT2D eigenvalue weighted by Crippen LogP contribution is -2.26. The number of anilines is 1. The van der Waals surface area contributed by atoms with Gasteiger partial charge in [0.1, 0.15) is 5.56 Å². The van der Waals surface area contributed by atoms with Gasteiger partial charge in [-0.25, -0.2) is 0 Å². The third kappa shape index (κ3) is 4.35. The Kier molecular flexibility index (Phi) is 5.27. The second-order valence-corrected chi connectivity index (χ2v) is 7.77. The number of sulfonamides is 1. The predicted molar refractivity (Wildman–Crippen MR) is 103 cm³/mol. The predicted octanol–water partition coefficient (Wildman–Crippen LogP) is 2.76. The summed E-state index contributed by atoms with van der Waals surface area (Å²) < 4.78 is 27.9. The largest absolute Gasteiger partial charge is 0.348 e. The molecule has 27 heavy (non-hydrogen) atoms. The van der Waals surface area contributed by atoms with Crippen molar-refractivity contribution in [2.45, 2.75) is 25.4 Å². The van der Waals surface area contributed by atoms with Crippen molar-refractivity contribution in [3.05, 3.63) is 77.0 Å². The van der Waals surface area contributed by atoms with Gasteiger partial charge in [0, 0.05) is 17.9 Å². The average molecular weight is 384 g/mol. The van der Waals surface area contributed by atoms with Gasteiger partial charge in [-0.05, 0) is 31.5 Å². The van der Waals surface area contributed by atoms with Gasteiger partial charge < -0.3 is 5.32 Å². The molecule has 0 fully saturated rings. The molecule has 1 heterocycles. The van der Waals surface area contributed by atoms with Gasteiger partial charge in [-0.3, -0.25) is 14.6 Å². The molecule has 0 bridgehead atoms. The van der Waals surface area contributed by atoms with Crippen LogP contribution in [0, 0.1) is 13.8 Å². The molecule has 1 amide bonds. The maximum atomic E-state index is 12.7. The number of carbonyl (C=O) groups excluding carboxylic acids is 1. The van der Waals surface area contributed by atoms with E-state index in [1.54, 1.807) is 31.2 Å². The van der Waals surface area contributed by atoms with E-state index >= 15 is 0 Å². The molecule has 3 N–H and O–H groups in total. The zero-order valence-corrected chi connectivity index (χ0v) is 15.8. The summed E-state index contributed by atoms with van der Waals surface area (Å²) >= 11 is 0. The Morgan fingerprint density at radius 2 is 1.70 bits per heavy atom. The summed E-state index contributed by atoms with van der Waals surface area (Å²) in [6, 6.07) is 16.3. The fraction of sp³-hybridized carbons (Fsp3) is 0.158. The Morgan fingerprint density at radius 3 is 2.37 bits per heavy atom. The lowest BCUT2D eigenvalue weighted by atomic mass is 10.2. The van der Waals surface area contributed by atoms with Gasteiger partial charge in [0.15, 0.2) is 0 Å². The first kappa shape index (κ1) is 18.7. The van der Waals surface area contributed by atoms with E-state index in [1.807, 2.05) is 37.3 Å². The fourth-order valence-corrected chi connectivity index (χ4v) is 3.78. The van der Waals surface area contributed by atoms with Crippen LogP contribution in [0.2, 0.25) is 0 Å². The molecule has 0 saturated heterocycles. The van der Waals surface area contributed by atoms with E-state index in [0.29, 0.717) is 11.4 Å². The summed E-state index contributed by atoms with van der Waals surface area (Å²) in [5.41, 5.74) is 2.70. The van der Waals surface area contributed by atoms with Crippen LogP contribution in [0.15, 0.2) is 59.6 Å². The minimum absolute atomic E-state index is 0.00513. The molecule has 1 aromatic heterocycles. The molecule has 0 saturated carbocycles. The van der Waals surface area contributed by atoms with Gasteiger partial charge in [-0.1, -0.05) is 48.0 Å². The van der Waals surface area contributed by atoms with Crippen LogP contribution in [0.4, 0.5) is 5.69 Å². The molecule has 0 unspecified atom stereocenters. The van der Waals surface area contributed by atoms with Crippen molar-refractivity contribution >= 4 is 21.6 Å². The number of hydrogen-bond acceptors (Lipinski definition) is 4. The standard InChI is InChI=1S/C19H20N4O3S/c1-13-8-10-16(11-9-13)23-27(25,26)19-17(14(2)21-22-19)18(24)20-12-15-6-4-3-5-7-15/h3-11,23H,12H2,1-2H3,(H,20,24)(H,21,22). The van der Waals surface area contributed by atoms with Crippen molar-refractivity contribution < 1.29 is 13.2 Å². The molecule has 0 aliphatic rings. The second-order valence-electron chi connectivity index (χ2n) is 6.17.